The number of rotatable bonds is 7. The lowest BCUT2D eigenvalue weighted by Gasteiger charge is -2.46. The maximum absolute atomic E-state index is 10.5. The molecule has 242 valence electrons. The summed E-state index contributed by atoms with van der Waals surface area (Å²) in [5, 5.41) is 80.6. The van der Waals surface area contributed by atoms with E-state index in [9.17, 15) is 40.9 Å². The van der Waals surface area contributed by atoms with Crippen LogP contribution < -0.4 is 9.47 Å². The maximum Gasteiger partial charge on any atom is 0.229 e. The van der Waals surface area contributed by atoms with Crippen molar-refractivity contribution in [1.82, 2.24) is 0 Å². The molecule has 6 rings (SSSR count). The Morgan fingerprint density at radius 1 is 0.674 bits per heavy atom. The fourth-order valence-electron chi connectivity index (χ4n) is 8.24. The molecule has 8 N–H and O–H groups in total. The van der Waals surface area contributed by atoms with Crippen LogP contribution in [0.25, 0.3) is 0 Å². The van der Waals surface area contributed by atoms with Crippen LogP contribution in [0.5, 0.6) is 11.5 Å². The standard InChI is InChI=1S/C30H44O13/c1-39-19-9-17-12(8-20(19)41-30-28(38)26(36)24(34)22(11-32)43-30)2-3-13-14-6-7-18(16(14)5-4-15(13)17)40-29-27(37)25(35)23(33)21(10-31)42-29/h8-9,13-16,18,21-38H,2-7,10-11H2,1H3/t13?,14?,15?,16?,18?,21-,22-,23-,24-,25+,26+,27-,28-,29-,30-/m1/s1. The van der Waals surface area contributed by atoms with E-state index in [0.29, 0.717) is 29.3 Å². The highest BCUT2D eigenvalue weighted by atomic mass is 16.7. The van der Waals surface area contributed by atoms with E-state index in [1.165, 1.54) is 12.7 Å². The van der Waals surface area contributed by atoms with Gasteiger partial charge in [0, 0.05) is 0 Å². The average molecular weight is 613 g/mol. The lowest BCUT2D eigenvalue weighted by molar-refractivity contribution is -0.314. The summed E-state index contributed by atoms with van der Waals surface area (Å²) in [6.45, 7) is -1.05. The zero-order valence-electron chi connectivity index (χ0n) is 24.1. The number of fused-ring (bicyclic) bond motifs is 5. The summed E-state index contributed by atoms with van der Waals surface area (Å²) in [5.74, 6) is 2.16. The highest BCUT2D eigenvalue weighted by Crippen LogP contribution is 2.57. The normalized spacial score (nSPS) is 46.0. The van der Waals surface area contributed by atoms with E-state index in [2.05, 4.69) is 0 Å². The van der Waals surface area contributed by atoms with Gasteiger partial charge in [0.15, 0.2) is 17.8 Å². The fourth-order valence-corrected chi connectivity index (χ4v) is 8.24. The van der Waals surface area contributed by atoms with E-state index in [0.717, 1.165) is 44.1 Å². The van der Waals surface area contributed by atoms with E-state index in [1.807, 2.05) is 12.1 Å². The molecular formula is C30H44O13. The molecule has 2 aliphatic heterocycles. The minimum absolute atomic E-state index is 0.169. The third-order valence-corrected chi connectivity index (χ3v) is 10.5. The van der Waals surface area contributed by atoms with E-state index < -0.39 is 74.6 Å². The zero-order valence-corrected chi connectivity index (χ0v) is 24.1. The number of benzene rings is 1. The summed E-state index contributed by atoms with van der Waals surface area (Å²) < 4.78 is 29.0. The Balaban J connectivity index is 1.16. The number of hydrogen-bond acceptors (Lipinski definition) is 13. The van der Waals surface area contributed by atoms with Crippen LogP contribution in [0.2, 0.25) is 0 Å². The summed E-state index contributed by atoms with van der Waals surface area (Å²) in [6, 6.07) is 3.86. The highest BCUT2D eigenvalue weighted by molar-refractivity contribution is 5.50. The second-order valence-electron chi connectivity index (χ2n) is 12.7. The van der Waals surface area contributed by atoms with Crippen molar-refractivity contribution in [3.63, 3.8) is 0 Å². The van der Waals surface area contributed by atoms with Gasteiger partial charge >= 0.3 is 0 Å². The van der Waals surface area contributed by atoms with Crippen LogP contribution in [0.1, 0.15) is 49.1 Å². The molecule has 1 aromatic carbocycles. The van der Waals surface area contributed by atoms with Crippen molar-refractivity contribution in [3.05, 3.63) is 23.3 Å². The molecule has 13 nitrogen and oxygen atoms in total. The van der Waals surface area contributed by atoms with Gasteiger partial charge in [-0.2, -0.15) is 0 Å². The predicted octanol–water partition coefficient (Wildman–Crippen LogP) is -1.47. The molecule has 0 amide bonds. The Morgan fingerprint density at radius 3 is 1.95 bits per heavy atom. The number of ether oxygens (including phenoxy) is 5. The number of aliphatic hydroxyl groups is 8. The van der Waals surface area contributed by atoms with Crippen molar-refractivity contribution in [2.24, 2.45) is 17.8 Å². The van der Waals surface area contributed by atoms with E-state index in [1.54, 1.807) is 0 Å². The molecule has 2 saturated heterocycles. The average Bonchev–Trinajstić information content (AvgIpc) is 3.43. The highest BCUT2D eigenvalue weighted by Gasteiger charge is 2.52. The monoisotopic (exact) mass is 612 g/mol. The molecule has 15 atom stereocenters. The van der Waals surface area contributed by atoms with Gasteiger partial charge in [-0.1, -0.05) is 0 Å². The number of hydrogen-bond donors (Lipinski definition) is 8. The lowest BCUT2D eigenvalue weighted by Crippen LogP contribution is -2.60. The summed E-state index contributed by atoms with van der Waals surface area (Å²) in [4.78, 5) is 0. The van der Waals surface area contributed by atoms with Gasteiger partial charge in [0.2, 0.25) is 6.29 Å². The molecule has 0 radical (unpaired) electrons. The molecular weight excluding hydrogens is 568 g/mol. The summed E-state index contributed by atoms with van der Waals surface area (Å²) in [7, 11) is 1.52. The maximum atomic E-state index is 10.5. The summed E-state index contributed by atoms with van der Waals surface area (Å²) >= 11 is 0. The van der Waals surface area contributed by atoms with Gasteiger partial charge in [0.05, 0.1) is 26.4 Å². The van der Waals surface area contributed by atoms with Crippen LogP contribution in [0.4, 0.5) is 0 Å². The van der Waals surface area contributed by atoms with Crippen molar-refractivity contribution in [3.8, 4) is 11.5 Å². The van der Waals surface area contributed by atoms with Crippen molar-refractivity contribution in [2.75, 3.05) is 20.3 Å². The third kappa shape index (κ3) is 5.57. The largest absolute Gasteiger partial charge is 0.493 e. The van der Waals surface area contributed by atoms with Crippen molar-refractivity contribution in [1.29, 1.82) is 0 Å². The molecule has 2 heterocycles. The Bertz CT molecular complexity index is 1120. The minimum atomic E-state index is -1.55. The van der Waals surface area contributed by atoms with Crippen LogP contribution >= 0.6 is 0 Å². The van der Waals surface area contributed by atoms with Crippen LogP contribution in [-0.4, -0.2) is 129 Å². The summed E-state index contributed by atoms with van der Waals surface area (Å²) in [6.07, 6.45) is -8.23. The molecule has 13 heteroatoms. The second kappa shape index (κ2) is 12.6. The first-order chi connectivity index (χ1) is 20.7. The quantitative estimate of drug-likeness (QED) is 0.177. The van der Waals surface area contributed by atoms with Gasteiger partial charge in [-0.25, -0.2) is 0 Å². The van der Waals surface area contributed by atoms with Crippen LogP contribution in [0.3, 0.4) is 0 Å². The molecule has 4 fully saturated rings. The summed E-state index contributed by atoms with van der Waals surface area (Å²) in [5.41, 5.74) is 2.29. The van der Waals surface area contributed by atoms with Gasteiger partial charge in [0.1, 0.15) is 48.8 Å². The molecule has 3 aliphatic carbocycles. The van der Waals surface area contributed by atoms with Crippen molar-refractivity contribution in [2.45, 2.75) is 112 Å². The number of methoxy groups -OCH3 is 1. The third-order valence-electron chi connectivity index (χ3n) is 10.5. The van der Waals surface area contributed by atoms with Crippen molar-refractivity contribution < 1.29 is 64.5 Å². The Hall–Kier alpha value is -1.62. The van der Waals surface area contributed by atoms with Gasteiger partial charge in [-0.3, -0.25) is 0 Å². The Labute approximate surface area is 249 Å². The minimum Gasteiger partial charge on any atom is -0.493 e. The van der Waals surface area contributed by atoms with Gasteiger partial charge < -0.3 is 64.5 Å². The van der Waals surface area contributed by atoms with Crippen LogP contribution in [0, 0.1) is 17.8 Å². The molecule has 2 saturated carbocycles. The molecule has 1 aromatic rings. The lowest BCUT2D eigenvalue weighted by atomic mass is 9.60. The number of aryl methyl sites for hydroxylation is 1. The molecule has 0 spiro atoms. The van der Waals surface area contributed by atoms with Gasteiger partial charge in [-0.05, 0) is 85.5 Å². The smallest absolute Gasteiger partial charge is 0.229 e. The van der Waals surface area contributed by atoms with Crippen LogP contribution in [-0.2, 0) is 20.6 Å². The zero-order chi connectivity index (χ0) is 30.6. The first-order valence-corrected chi connectivity index (χ1v) is 15.3. The van der Waals surface area contributed by atoms with Gasteiger partial charge in [0.25, 0.3) is 0 Å². The molecule has 0 bridgehead atoms. The number of aliphatic hydroxyl groups excluding tert-OH is 8. The van der Waals surface area contributed by atoms with E-state index in [-0.39, 0.29) is 12.0 Å². The molecule has 0 aromatic heterocycles. The molecule has 5 unspecified atom stereocenters. The second-order valence-corrected chi connectivity index (χ2v) is 12.7. The SMILES string of the molecule is COc1cc2c(cc1O[C@@H]1O[C@H](CO)[C@@H](O)[C@H](O)[C@H]1O)CCC1C2CCC2C(O[C@@H]3O[C@H](CO)[C@@H](O)[C@H](O)[C@H]3O)CCC21. The topological polar surface area (TPSA) is 208 Å². The van der Waals surface area contributed by atoms with E-state index in [4.69, 9.17) is 23.7 Å². The Kier molecular flexibility index (Phi) is 9.22. The van der Waals surface area contributed by atoms with Crippen molar-refractivity contribution >= 4 is 0 Å². The fraction of sp³-hybridized carbons (Fsp3) is 0.800. The van der Waals surface area contributed by atoms with Crippen LogP contribution in [0.15, 0.2) is 12.1 Å². The Morgan fingerprint density at radius 2 is 1.30 bits per heavy atom. The first-order valence-electron chi connectivity index (χ1n) is 15.3. The van der Waals surface area contributed by atoms with Gasteiger partial charge in [-0.15, -0.1) is 0 Å². The molecule has 5 aliphatic rings. The predicted molar refractivity (Wildman–Crippen MR) is 146 cm³/mol. The molecule has 43 heavy (non-hydrogen) atoms. The first kappa shape index (κ1) is 31.4. The van der Waals surface area contributed by atoms with E-state index >= 15 is 0 Å².